The molecule has 142 valence electrons. The van der Waals surface area contributed by atoms with Crippen molar-refractivity contribution in [2.45, 2.75) is 58.3 Å². The van der Waals surface area contributed by atoms with Gasteiger partial charge in [0.05, 0.1) is 6.21 Å². The first-order chi connectivity index (χ1) is 12.8. The van der Waals surface area contributed by atoms with Crippen molar-refractivity contribution in [2.75, 3.05) is 0 Å². The third kappa shape index (κ3) is 4.85. The molecule has 1 saturated carbocycles. The first-order valence-electron chi connectivity index (χ1n) is 9.79. The first kappa shape index (κ1) is 19.3. The summed E-state index contributed by atoms with van der Waals surface area (Å²) in [5.74, 6) is 0.875. The average Bonchev–Trinajstić information content (AvgIpc) is 3.42. The SMILES string of the molecule is CC(C)c1ccc(C=NNC(=O)[C@H]2C[C@@H]2c2ccc(C(C)(C)C)cc2)cc1. The maximum absolute atomic E-state index is 12.3. The van der Waals surface area contributed by atoms with E-state index in [-0.39, 0.29) is 17.2 Å². The van der Waals surface area contributed by atoms with E-state index in [1.807, 2.05) is 12.1 Å². The van der Waals surface area contributed by atoms with Crippen LogP contribution in [0.25, 0.3) is 0 Å². The number of hydrogen-bond donors (Lipinski definition) is 1. The Morgan fingerprint density at radius 1 is 1.07 bits per heavy atom. The quantitative estimate of drug-likeness (QED) is 0.564. The van der Waals surface area contributed by atoms with Crippen molar-refractivity contribution in [3.63, 3.8) is 0 Å². The van der Waals surface area contributed by atoms with Crippen molar-refractivity contribution >= 4 is 12.1 Å². The largest absolute Gasteiger partial charge is 0.273 e. The summed E-state index contributed by atoms with van der Waals surface area (Å²) in [5.41, 5.74) is 7.71. The molecule has 1 amide bonds. The Bertz CT molecular complexity index is 811. The zero-order chi connectivity index (χ0) is 19.6. The molecule has 27 heavy (non-hydrogen) atoms. The van der Waals surface area contributed by atoms with Crippen LogP contribution in [-0.4, -0.2) is 12.1 Å². The predicted octanol–water partition coefficient (Wildman–Crippen LogP) is 5.36. The van der Waals surface area contributed by atoms with Crippen LogP contribution in [0.3, 0.4) is 0 Å². The molecule has 1 fully saturated rings. The predicted molar refractivity (Wildman–Crippen MR) is 112 cm³/mol. The Labute approximate surface area is 162 Å². The van der Waals surface area contributed by atoms with E-state index in [4.69, 9.17) is 0 Å². The van der Waals surface area contributed by atoms with Gasteiger partial charge in [0, 0.05) is 5.92 Å². The first-order valence-corrected chi connectivity index (χ1v) is 9.79. The van der Waals surface area contributed by atoms with E-state index in [1.54, 1.807) is 6.21 Å². The molecule has 3 nitrogen and oxygen atoms in total. The van der Waals surface area contributed by atoms with Gasteiger partial charge in [-0.1, -0.05) is 83.1 Å². The second kappa shape index (κ2) is 7.67. The fraction of sp³-hybridized carbons (Fsp3) is 0.417. The molecule has 3 rings (SSSR count). The molecule has 0 aliphatic heterocycles. The van der Waals surface area contributed by atoms with Crippen LogP contribution in [0.5, 0.6) is 0 Å². The third-order valence-corrected chi connectivity index (χ3v) is 5.32. The Hall–Kier alpha value is -2.42. The van der Waals surface area contributed by atoms with Gasteiger partial charge in [-0.3, -0.25) is 4.79 Å². The van der Waals surface area contributed by atoms with E-state index < -0.39 is 0 Å². The number of benzene rings is 2. The van der Waals surface area contributed by atoms with Crippen LogP contribution in [0.2, 0.25) is 0 Å². The van der Waals surface area contributed by atoms with Crippen LogP contribution in [0, 0.1) is 5.92 Å². The van der Waals surface area contributed by atoms with E-state index >= 15 is 0 Å². The van der Waals surface area contributed by atoms with Gasteiger partial charge in [-0.15, -0.1) is 0 Å². The lowest BCUT2D eigenvalue weighted by Crippen LogP contribution is -2.20. The molecule has 0 spiro atoms. The second-order valence-corrected chi connectivity index (χ2v) is 8.88. The van der Waals surface area contributed by atoms with Gasteiger partial charge in [0.15, 0.2) is 0 Å². The van der Waals surface area contributed by atoms with Crippen molar-refractivity contribution in [1.82, 2.24) is 5.43 Å². The number of rotatable bonds is 5. The summed E-state index contributed by atoms with van der Waals surface area (Å²) in [6.45, 7) is 11.0. The van der Waals surface area contributed by atoms with Crippen LogP contribution >= 0.6 is 0 Å². The Kier molecular flexibility index (Phi) is 5.50. The minimum Gasteiger partial charge on any atom is -0.273 e. The highest BCUT2D eigenvalue weighted by Gasteiger charge is 2.43. The molecule has 1 aliphatic rings. The minimum absolute atomic E-state index is 0.00921. The van der Waals surface area contributed by atoms with Crippen molar-refractivity contribution < 1.29 is 4.79 Å². The fourth-order valence-electron chi connectivity index (χ4n) is 3.30. The summed E-state index contributed by atoms with van der Waals surface area (Å²) in [6.07, 6.45) is 2.61. The topological polar surface area (TPSA) is 41.5 Å². The Morgan fingerprint density at radius 3 is 2.26 bits per heavy atom. The number of amides is 1. The van der Waals surface area contributed by atoms with Gasteiger partial charge >= 0.3 is 0 Å². The molecule has 0 aromatic heterocycles. The maximum atomic E-state index is 12.3. The van der Waals surface area contributed by atoms with Crippen molar-refractivity contribution in [3.05, 3.63) is 70.8 Å². The number of hydrazone groups is 1. The summed E-state index contributed by atoms with van der Waals surface area (Å²) in [5, 5.41) is 4.13. The Balaban J connectivity index is 1.52. The van der Waals surface area contributed by atoms with Gasteiger partial charge in [-0.25, -0.2) is 5.43 Å². The Morgan fingerprint density at radius 2 is 1.70 bits per heavy atom. The lowest BCUT2D eigenvalue weighted by atomic mass is 9.86. The van der Waals surface area contributed by atoms with Crippen LogP contribution in [0.4, 0.5) is 0 Å². The van der Waals surface area contributed by atoms with E-state index in [1.165, 1.54) is 16.7 Å². The van der Waals surface area contributed by atoms with Gasteiger partial charge in [0.2, 0.25) is 5.91 Å². The van der Waals surface area contributed by atoms with Crippen molar-refractivity contribution in [2.24, 2.45) is 11.0 Å². The molecule has 0 unspecified atom stereocenters. The summed E-state index contributed by atoms with van der Waals surface area (Å²) in [6, 6.07) is 17.0. The maximum Gasteiger partial charge on any atom is 0.243 e. The van der Waals surface area contributed by atoms with Gasteiger partial charge in [0.1, 0.15) is 0 Å². The molecule has 3 heteroatoms. The van der Waals surface area contributed by atoms with Gasteiger partial charge in [-0.05, 0) is 45.9 Å². The molecular weight excluding hydrogens is 332 g/mol. The van der Waals surface area contributed by atoms with Crippen LogP contribution in [-0.2, 0) is 10.2 Å². The standard InChI is InChI=1S/C24H30N2O/c1-16(2)18-8-6-17(7-9-18)15-25-26-23(27)22-14-21(22)19-10-12-20(13-11-19)24(3,4)5/h6-13,15-16,21-22H,14H2,1-5H3,(H,26,27)/t21-,22+/m1/s1. The molecule has 0 radical (unpaired) electrons. The molecule has 2 aromatic rings. The highest BCUT2D eigenvalue weighted by Crippen LogP contribution is 2.47. The van der Waals surface area contributed by atoms with Crippen molar-refractivity contribution in [3.8, 4) is 0 Å². The van der Waals surface area contributed by atoms with E-state index in [0.717, 1.165) is 12.0 Å². The fourth-order valence-corrected chi connectivity index (χ4v) is 3.30. The van der Waals surface area contributed by atoms with Crippen LogP contribution in [0.15, 0.2) is 53.6 Å². The summed E-state index contributed by atoms with van der Waals surface area (Å²) in [4.78, 5) is 12.3. The van der Waals surface area contributed by atoms with E-state index in [9.17, 15) is 4.79 Å². The summed E-state index contributed by atoms with van der Waals surface area (Å²) in [7, 11) is 0. The molecule has 0 bridgehead atoms. The lowest BCUT2D eigenvalue weighted by molar-refractivity contribution is -0.122. The number of nitrogens with zero attached hydrogens (tertiary/aromatic N) is 1. The van der Waals surface area contributed by atoms with Crippen molar-refractivity contribution in [1.29, 1.82) is 0 Å². The molecule has 0 heterocycles. The minimum atomic E-state index is 0.00921. The van der Waals surface area contributed by atoms with E-state index in [0.29, 0.717) is 11.8 Å². The molecule has 2 aromatic carbocycles. The zero-order valence-electron chi connectivity index (χ0n) is 17.0. The molecule has 1 N–H and O–H groups in total. The monoisotopic (exact) mass is 362 g/mol. The molecular formula is C24H30N2O. The molecule has 2 atom stereocenters. The smallest absolute Gasteiger partial charge is 0.243 e. The van der Waals surface area contributed by atoms with Crippen LogP contribution < -0.4 is 5.43 Å². The highest BCUT2D eigenvalue weighted by atomic mass is 16.2. The van der Waals surface area contributed by atoms with E-state index in [2.05, 4.69) is 81.5 Å². The summed E-state index contributed by atoms with van der Waals surface area (Å²) < 4.78 is 0. The lowest BCUT2D eigenvalue weighted by Gasteiger charge is -2.19. The molecule has 1 aliphatic carbocycles. The summed E-state index contributed by atoms with van der Waals surface area (Å²) >= 11 is 0. The highest BCUT2D eigenvalue weighted by molar-refractivity contribution is 5.85. The van der Waals surface area contributed by atoms with Gasteiger partial charge in [0.25, 0.3) is 0 Å². The average molecular weight is 363 g/mol. The molecule has 0 saturated heterocycles. The number of hydrogen-bond acceptors (Lipinski definition) is 2. The number of carbonyl (C=O) groups excluding carboxylic acids is 1. The number of carbonyl (C=O) groups is 1. The zero-order valence-corrected chi connectivity index (χ0v) is 17.0. The normalized spacial score (nSPS) is 19.5. The second-order valence-electron chi connectivity index (χ2n) is 8.88. The van der Waals surface area contributed by atoms with Crippen LogP contribution in [0.1, 0.15) is 75.1 Å². The van der Waals surface area contributed by atoms with Gasteiger partial charge in [-0.2, -0.15) is 5.10 Å². The van der Waals surface area contributed by atoms with Gasteiger partial charge < -0.3 is 0 Å². The third-order valence-electron chi connectivity index (χ3n) is 5.32. The number of nitrogens with one attached hydrogen (secondary N) is 1.